The minimum Gasteiger partial charge on any atom is -0.393 e. The summed E-state index contributed by atoms with van der Waals surface area (Å²) in [6, 6.07) is -0.437. The fourth-order valence-electron chi connectivity index (χ4n) is 10.3. The summed E-state index contributed by atoms with van der Waals surface area (Å²) in [6.07, 6.45) is 11.9. The predicted octanol–water partition coefficient (Wildman–Crippen LogP) is 6.21. The van der Waals surface area contributed by atoms with Crippen LogP contribution in [0.2, 0.25) is 0 Å². The molecule has 4 saturated carbocycles. The largest absolute Gasteiger partial charge is 0.393 e. The van der Waals surface area contributed by atoms with Crippen molar-refractivity contribution in [1.29, 1.82) is 0 Å². The smallest absolute Gasteiger partial charge is 0.220 e. The number of carbonyl (C=O) groups is 2. The number of Topliss-reactive ketones (excluding diaryl/α,β-unsaturated/α-hetero) is 1. The molecule has 40 heavy (non-hydrogen) atoms. The Kier molecular flexibility index (Phi) is 8.58. The Labute approximate surface area is 241 Å². The molecule has 0 radical (unpaired) electrons. The molecule has 4 aliphatic carbocycles. The van der Waals surface area contributed by atoms with Gasteiger partial charge in [0.15, 0.2) is 11.4 Å². The molecule has 11 unspecified atom stereocenters. The summed E-state index contributed by atoms with van der Waals surface area (Å²) in [5.41, 5.74) is 0.0960. The van der Waals surface area contributed by atoms with Crippen molar-refractivity contribution < 1.29 is 19.8 Å². The molecular weight excluding hydrogens is 502 g/mol. The number of carbonyl (C=O) groups excluding carboxylic acids is 2. The topological polar surface area (TPSA) is 111 Å². The van der Waals surface area contributed by atoms with E-state index in [4.69, 9.17) is 0 Å². The van der Waals surface area contributed by atoms with Crippen LogP contribution in [0.15, 0.2) is 10.2 Å². The lowest BCUT2D eigenvalue weighted by Gasteiger charge is -2.62. The summed E-state index contributed by atoms with van der Waals surface area (Å²) in [6.45, 7) is 11.2. The zero-order valence-electron chi connectivity index (χ0n) is 25.7. The average Bonchev–Trinajstić information content (AvgIpc) is 3.53. The van der Waals surface area contributed by atoms with E-state index in [1.807, 2.05) is 13.8 Å². The second-order valence-corrected chi connectivity index (χ2v) is 15.3. The Morgan fingerprint density at radius 1 is 0.925 bits per heavy atom. The molecule has 4 fully saturated rings. The van der Waals surface area contributed by atoms with Gasteiger partial charge in [0.2, 0.25) is 5.91 Å². The molecule has 7 nitrogen and oxygen atoms in total. The van der Waals surface area contributed by atoms with E-state index in [2.05, 4.69) is 36.3 Å². The molecule has 5 aliphatic rings. The molecule has 7 heteroatoms. The van der Waals surface area contributed by atoms with E-state index in [0.29, 0.717) is 61.2 Å². The number of hydrogen-bond acceptors (Lipinski definition) is 6. The first kappa shape index (κ1) is 30.1. The van der Waals surface area contributed by atoms with Crippen LogP contribution in [-0.4, -0.2) is 45.8 Å². The molecule has 1 aliphatic heterocycles. The summed E-state index contributed by atoms with van der Waals surface area (Å²) < 4.78 is 0. The van der Waals surface area contributed by atoms with E-state index in [9.17, 15) is 19.8 Å². The second-order valence-electron chi connectivity index (χ2n) is 15.3. The van der Waals surface area contributed by atoms with Crippen molar-refractivity contribution in [1.82, 2.24) is 5.32 Å². The molecule has 1 amide bonds. The van der Waals surface area contributed by atoms with Gasteiger partial charge in [0.25, 0.3) is 0 Å². The van der Waals surface area contributed by atoms with Gasteiger partial charge >= 0.3 is 0 Å². The van der Waals surface area contributed by atoms with Gasteiger partial charge < -0.3 is 15.5 Å². The molecular formula is C33H55N3O4. The van der Waals surface area contributed by atoms with Crippen molar-refractivity contribution in [2.24, 2.45) is 56.6 Å². The Balaban J connectivity index is 1.18. The molecule has 226 valence electrons. The molecule has 1 heterocycles. The van der Waals surface area contributed by atoms with Gasteiger partial charge in [-0.25, -0.2) is 0 Å². The van der Waals surface area contributed by atoms with Crippen molar-refractivity contribution in [2.75, 3.05) is 0 Å². The van der Waals surface area contributed by atoms with Gasteiger partial charge in [-0.2, -0.15) is 10.2 Å². The number of nitrogens with one attached hydrogen (secondary N) is 1. The summed E-state index contributed by atoms with van der Waals surface area (Å²) in [5.74, 6) is 3.01. The quantitative estimate of drug-likeness (QED) is 0.280. The zero-order chi connectivity index (χ0) is 28.9. The first-order chi connectivity index (χ1) is 18.9. The van der Waals surface area contributed by atoms with E-state index in [-0.39, 0.29) is 40.4 Å². The van der Waals surface area contributed by atoms with Crippen LogP contribution in [0.1, 0.15) is 125 Å². The van der Waals surface area contributed by atoms with Gasteiger partial charge in [-0.1, -0.05) is 27.7 Å². The van der Waals surface area contributed by atoms with Gasteiger partial charge in [0.05, 0.1) is 18.2 Å². The number of rotatable bonds is 11. The van der Waals surface area contributed by atoms with Crippen LogP contribution < -0.4 is 5.32 Å². The number of aliphatic hydroxyl groups excluding tert-OH is 2. The van der Waals surface area contributed by atoms with Gasteiger partial charge in [-0.15, -0.1) is 0 Å². The molecule has 11 atom stereocenters. The third-order valence-corrected chi connectivity index (χ3v) is 12.8. The van der Waals surface area contributed by atoms with Gasteiger partial charge in [-0.05, 0) is 130 Å². The first-order valence-electron chi connectivity index (χ1n) is 16.5. The van der Waals surface area contributed by atoms with Gasteiger partial charge in [-0.3, -0.25) is 9.59 Å². The highest BCUT2D eigenvalue weighted by Gasteiger charge is 2.62. The lowest BCUT2D eigenvalue weighted by molar-refractivity contribution is -0.174. The molecule has 0 saturated heterocycles. The number of hydrogen-bond donors (Lipinski definition) is 3. The summed E-state index contributed by atoms with van der Waals surface area (Å²) in [5, 5.41) is 33.0. The highest BCUT2D eigenvalue weighted by molar-refractivity contribution is 5.89. The van der Waals surface area contributed by atoms with E-state index in [0.717, 1.165) is 38.5 Å². The Hall–Kier alpha value is -1.34. The van der Waals surface area contributed by atoms with Crippen molar-refractivity contribution in [2.45, 2.75) is 148 Å². The van der Waals surface area contributed by atoms with Crippen molar-refractivity contribution >= 4 is 11.7 Å². The monoisotopic (exact) mass is 557 g/mol. The summed E-state index contributed by atoms with van der Waals surface area (Å²) in [4.78, 5) is 25.8. The molecule has 5 rings (SSSR count). The van der Waals surface area contributed by atoms with Crippen LogP contribution in [0.3, 0.4) is 0 Å². The maximum Gasteiger partial charge on any atom is 0.220 e. The van der Waals surface area contributed by atoms with Crippen molar-refractivity contribution in [3.8, 4) is 0 Å². The van der Waals surface area contributed by atoms with Gasteiger partial charge in [0, 0.05) is 12.8 Å². The van der Waals surface area contributed by atoms with Crippen LogP contribution in [0.25, 0.3) is 0 Å². The summed E-state index contributed by atoms with van der Waals surface area (Å²) in [7, 11) is 0. The first-order valence-corrected chi connectivity index (χ1v) is 16.5. The maximum absolute atomic E-state index is 13.0. The average molecular weight is 558 g/mol. The highest BCUT2D eigenvalue weighted by atomic mass is 16.3. The lowest BCUT2D eigenvalue weighted by Crippen LogP contribution is -2.58. The standard InChI is InChI=1S/C33H55N3O4/c1-6-7-27(38)26(14-17-33(5)35-36-33)34-29(40)11-8-20(2)23-9-10-24-30-25(13-16-32(23,24)4)31(3)15-12-22(37)18-21(31)19-28(30)39/h20-26,28,30,37,39H,6-19H2,1-5H3,(H,34,40). The van der Waals surface area contributed by atoms with Crippen LogP contribution in [0.5, 0.6) is 0 Å². The zero-order valence-corrected chi connectivity index (χ0v) is 25.7. The number of ketones is 1. The van der Waals surface area contributed by atoms with E-state index in [1.165, 1.54) is 25.7 Å². The SMILES string of the molecule is CCCC(=O)C(CCC1(C)N=N1)NC(=O)CCC(C)C1CCC2C3C(O)CC4CC(O)CCC4(C)C3CCC12C. The van der Waals surface area contributed by atoms with Crippen molar-refractivity contribution in [3.05, 3.63) is 0 Å². The minimum atomic E-state index is -0.437. The molecule has 3 N–H and O–H groups in total. The van der Waals surface area contributed by atoms with Crippen LogP contribution in [-0.2, 0) is 9.59 Å². The fourth-order valence-corrected chi connectivity index (χ4v) is 10.3. The fraction of sp³-hybridized carbons (Fsp3) is 0.939. The highest BCUT2D eigenvalue weighted by Crippen LogP contribution is 2.68. The summed E-state index contributed by atoms with van der Waals surface area (Å²) >= 11 is 0. The van der Waals surface area contributed by atoms with Crippen LogP contribution >= 0.6 is 0 Å². The minimum absolute atomic E-state index is 0.0132. The van der Waals surface area contributed by atoms with Crippen LogP contribution in [0.4, 0.5) is 0 Å². The van der Waals surface area contributed by atoms with Crippen molar-refractivity contribution in [3.63, 3.8) is 0 Å². The maximum atomic E-state index is 13.0. The van der Waals surface area contributed by atoms with Gasteiger partial charge in [0.1, 0.15) is 0 Å². The molecule has 0 aromatic carbocycles. The Morgan fingerprint density at radius 2 is 1.62 bits per heavy atom. The predicted molar refractivity (Wildman–Crippen MR) is 155 cm³/mol. The van der Waals surface area contributed by atoms with E-state index >= 15 is 0 Å². The Morgan fingerprint density at radius 3 is 2.33 bits per heavy atom. The number of fused-ring (bicyclic) bond motifs is 5. The normalized spacial score (nSPS) is 42.7. The van der Waals surface area contributed by atoms with Crippen LogP contribution in [0, 0.1) is 46.3 Å². The molecule has 0 bridgehead atoms. The van der Waals surface area contributed by atoms with E-state index in [1.54, 1.807) is 0 Å². The number of aliphatic hydroxyl groups is 2. The number of nitrogens with zero attached hydrogens (tertiary/aromatic N) is 2. The molecule has 0 spiro atoms. The third kappa shape index (κ3) is 5.67. The third-order valence-electron chi connectivity index (χ3n) is 12.8. The second kappa shape index (κ2) is 11.4. The Bertz CT molecular complexity index is 979. The molecule has 0 aromatic heterocycles. The van der Waals surface area contributed by atoms with E-state index < -0.39 is 6.04 Å². The molecule has 0 aromatic rings. The lowest BCUT2D eigenvalue weighted by atomic mass is 9.43. The number of amides is 1.